The maximum Gasteiger partial charge on any atom is 0.340 e. The number of nitrogens with one attached hydrogen (secondary N) is 1. The Hall–Kier alpha value is -2.10. The van der Waals surface area contributed by atoms with Crippen molar-refractivity contribution >= 4 is 55.1 Å². The molecule has 10 heteroatoms. The minimum Gasteiger partial charge on any atom is -0.497 e. The van der Waals surface area contributed by atoms with E-state index in [1.54, 1.807) is 19.2 Å². The zero-order chi connectivity index (χ0) is 25.8. The van der Waals surface area contributed by atoms with Crippen LogP contribution in [0.3, 0.4) is 0 Å². The fourth-order valence-electron chi connectivity index (χ4n) is 3.47. The first-order chi connectivity index (χ1) is 16.5. The van der Waals surface area contributed by atoms with Gasteiger partial charge in [-0.3, -0.25) is 0 Å². The number of hydrogen-bond acceptors (Lipinski definition) is 5. The molecule has 0 heterocycles. The van der Waals surface area contributed by atoms with Crippen LogP contribution in [0, 0.1) is 13.8 Å². The maximum atomic E-state index is 12.9. The third-order valence-corrected chi connectivity index (χ3v) is 8.10. The lowest BCUT2D eigenvalue weighted by Crippen LogP contribution is -2.26. The number of carbonyl (C=O) groups excluding carboxylic acids is 1. The van der Waals surface area contributed by atoms with Crippen molar-refractivity contribution in [1.82, 2.24) is 4.72 Å². The third kappa shape index (κ3) is 6.98. The second kappa shape index (κ2) is 11.8. The van der Waals surface area contributed by atoms with Gasteiger partial charge >= 0.3 is 5.97 Å². The summed E-state index contributed by atoms with van der Waals surface area (Å²) in [6, 6.07) is 13.5. The van der Waals surface area contributed by atoms with Crippen molar-refractivity contribution in [1.29, 1.82) is 0 Å². The highest BCUT2D eigenvalue weighted by Crippen LogP contribution is 2.30. The van der Waals surface area contributed by atoms with E-state index in [1.807, 2.05) is 38.1 Å². The molecular weight excluding hydrogens is 577 g/mol. The van der Waals surface area contributed by atoms with Crippen LogP contribution in [0.25, 0.3) is 0 Å². The van der Waals surface area contributed by atoms with Crippen molar-refractivity contribution < 1.29 is 22.7 Å². The highest BCUT2D eigenvalue weighted by atomic mass is 79.9. The monoisotopic (exact) mass is 599 g/mol. The van der Waals surface area contributed by atoms with Crippen molar-refractivity contribution in [3.05, 3.63) is 90.9 Å². The van der Waals surface area contributed by atoms with E-state index in [0.717, 1.165) is 32.8 Å². The number of methoxy groups -OCH3 is 1. The number of sulfonamides is 1. The Morgan fingerprint density at radius 2 is 1.63 bits per heavy atom. The van der Waals surface area contributed by atoms with E-state index in [4.69, 9.17) is 32.7 Å². The molecule has 0 fully saturated rings. The van der Waals surface area contributed by atoms with Gasteiger partial charge in [0, 0.05) is 11.0 Å². The molecular formula is C25H24BrCl2NO5S. The summed E-state index contributed by atoms with van der Waals surface area (Å²) in [7, 11) is -2.43. The summed E-state index contributed by atoms with van der Waals surface area (Å²) >= 11 is 15.8. The highest BCUT2D eigenvalue weighted by molar-refractivity contribution is 9.10. The van der Waals surface area contributed by atoms with Gasteiger partial charge in [-0.15, -0.1) is 0 Å². The molecule has 0 aliphatic carbocycles. The molecule has 35 heavy (non-hydrogen) atoms. The molecule has 0 aliphatic rings. The first kappa shape index (κ1) is 27.5. The fourth-order valence-corrected chi connectivity index (χ4v) is 6.04. The quantitative estimate of drug-likeness (QED) is 0.293. The van der Waals surface area contributed by atoms with Crippen LogP contribution in [0.1, 0.15) is 32.6 Å². The molecule has 0 aliphatic heterocycles. The van der Waals surface area contributed by atoms with Gasteiger partial charge in [0.05, 0.1) is 22.7 Å². The molecule has 1 N–H and O–H groups in total. The Morgan fingerprint density at radius 3 is 2.23 bits per heavy atom. The number of carbonyl (C=O) groups is 1. The molecule has 0 spiro atoms. The topological polar surface area (TPSA) is 81.7 Å². The molecule has 6 nitrogen and oxygen atoms in total. The zero-order valence-electron chi connectivity index (χ0n) is 19.3. The lowest BCUT2D eigenvalue weighted by atomic mass is 10.0. The van der Waals surface area contributed by atoms with Gasteiger partial charge in [-0.2, -0.15) is 0 Å². The van der Waals surface area contributed by atoms with E-state index in [9.17, 15) is 13.2 Å². The molecule has 3 aromatic rings. The van der Waals surface area contributed by atoms with Crippen LogP contribution in [0.5, 0.6) is 5.75 Å². The second-order valence-corrected chi connectivity index (χ2v) is 11.3. The molecule has 0 saturated carbocycles. The van der Waals surface area contributed by atoms with E-state index < -0.39 is 16.0 Å². The minimum atomic E-state index is -4.01. The standard InChI is InChI=1S/C25H24BrCl2NO5S/c1-15-10-18(26)11-16(2)21(15)14-34-25(30)20-12-24(23(28)13-22(20)27)35(31,32)29-9-8-17-4-6-19(33-3)7-5-17/h4-7,10-13,29H,8-9,14H2,1-3H3. The molecule has 0 atom stereocenters. The van der Waals surface area contributed by atoms with Crippen LogP contribution in [0.15, 0.2) is 57.9 Å². The summed E-state index contributed by atoms with van der Waals surface area (Å²) < 4.78 is 39.8. The fraction of sp³-hybridized carbons (Fsp3) is 0.240. The lowest BCUT2D eigenvalue weighted by molar-refractivity contribution is 0.0471. The van der Waals surface area contributed by atoms with Crippen LogP contribution in [-0.4, -0.2) is 28.0 Å². The molecule has 0 aromatic heterocycles. The Labute approximate surface area is 223 Å². The number of benzene rings is 3. The van der Waals surface area contributed by atoms with Gasteiger partial charge in [-0.05, 0) is 78.9 Å². The Morgan fingerprint density at radius 1 is 1.00 bits per heavy atom. The molecule has 0 unspecified atom stereocenters. The smallest absolute Gasteiger partial charge is 0.340 e. The highest BCUT2D eigenvalue weighted by Gasteiger charge is 2.23. The first-order valence-electron chi connectivity index (χ1n) is 10.6. The van der Waals surface area contributed by atoms with Gasteiger partial charge in [-0.25, -0.2) is 17.9 Å². The largest absolute Gasteiger partial charge is 0.497 e. The van der Waals surface area contributed by atoms with E-state index >= 15 is 0 Å². The summed E-state index contributed by atoms with van der Waals surface area (Å²) in [4.78, 5) is 12.5. The molecule has 0 saturated heterocycles. The predicted molar refractivity (Wildman–Crippen MR) is 141 cm³/mol. The van der Waals surface area contributed by atoms with Crippen molar-refractivity contribution in [3.63, 3.8) is 0 Å². The molecule has 0 radical (unpaired) electrons. The summed E-state index contributed by atoms with van der Waals surface area (Å²) in [5, 5.41) is -0.0930. The van der Waals surface area contributed by atoms with E-state index in [-0.39, 0.29) is 33.7 Å². The number of ether oxygens (including phenoxy) is 2. The summed E-state index contributed by atoms with van der Waals surface area (Å²) in [5.41, 5.74) is 3.62. The van der Waals surface area contributed by atoms with Crippen LogP contribution in [0.4, 0.5) is 0 Å². The number of rotatable bonds is 9. The van der Waals surface area contributed by atoms with Crippen molar-refractivity contribution in [3.8, 4) is 5.75 Å². The summed E-state index contributed by atoms with van der Waals surface area (Å²) in [5.74, 6) is -0.0322. The lowest BCUT2D eigenvalue weighted by Gasteiger charge is -2.14. The SMILES string of the molecule is COc1ccc(CCNS(=O)(=O)c2cc(C(=O)OCc3c(C)cc(Br)cc3C)c(Cl)cc2Cl)cc1. The second-order valence-electron chi connectivity index (χ2n) is 7.85. The average Bonchev–Trinajstić information content (AvgIpc) is 2.78. The summed E-state index contributed by atoms with van der Waals surface area (Å²) in [6.45, 7) is 3.98. The number of aryl methyl sites for hydroxylation is 2. The maximum absolute atomic E-state index is 12.9. The molecule has 0 amide bonds. The van der Waals surface area contributed by atoms with Crippen LogP contribution < -0.4 is 9.46 Å². The zero-order valence-corrected chi connectivity index (χ0v) is 23.2. The van der Waals surface area contributed by atoms with Gasteiger partial charge in [0.1, 0.15) is 17.3 Å². The van der Waals surface area contributed by atoms with Gasteiger partial charge in [-0.1, -0.05) is 51.3 Å². The van der Waals surface area contributed by atoms with E-state index in [1.165, 1.54) is 6.07 Å². The number of hydrogen-bond donors (Lipinski definition) is 1. The molecule has 186 valence electrons. The average molecular weight is 601 g/mol. The predicted octanol–water partition coefficient (Wildman–Crippen LogP) is 6.26. The van der Waals surface area contributed by atoms with Crippen LogP contribution in [-0.2, 0) is 27.8 Å². The van der Waals surface area contributed by atoms with Gasteiger partial charge in [0.25, 0.3) is 0 Å². The van der Waals surface area contributed by atoms with Crippen molar-refractivity contribution in [2.24, 2.45) is 0 Å². The molecule has 0 bridgehead atoms. The van der Waals surface area contributed by atoms with Crippen LogP contribution in [0.2, 0.25) is 10.0 Å². The van der Waals surface area contributed by atoms with Gasteiger partial charge < -0.3 is 9.47 Å². The van der Waals surface area contributed by atoms with Gasteiger partial charge in [0.15, 0.2) is 0 Å². The number of halogens is 3. The van der Waals surface area contributed by atoms with E-state index in [2.05, 4.69) is 20.7 Å². The third-order valence-electron chi connectivity index (χ3n) is 5.40. The van der Waals surface area contributed by atoms with Crippen LogP contribution >= 0.6 is 39.1 Å². The van der Waals surface area contributed by atoms with Crippen molar-refractivity contribution in [2.45, 2.75) is 31.8 Å². The Balaban J connectivity index is 1.73. The molecule has 3 rings (SSSR count). The summed E-state index contributed by atoms with van der Waals surface area (Å²) in [6.07, 6.45) is 0.454. The Kier molecular flexibility index (Phi) is 9.23. The minimum absolute atomic E-state index is 0.00133. The Bertz CT molecular complexity index is 1320. The van der Waals surface area contributed by atoms with E-state index in [0.29, 0.717) is 12.2 Å². The first-order valence-corrected chi connectivity index (χ1v) is 13.6. The number of esters is 1. The van der Waals surface area contributed by atoms with Crippen molar-refractivity contribution in [2.75, 3.05) is 13.7 Å². The van der Waals surface area contributed by atoms with Gasteiger partial charge in [0.2, 0.25) is 10.0 Å². The molecule has 3 aromatic carbocycles. The normalized spacial score (nSPS) is 11.4.